The number of amides is 1. The molecule has 1 amide bonds. The lowest BCUT2D eigenvalue weighted by molar-refractivity contribution is -0.114. The van der Waals surface area contributed by atoms with Crippen molar-refractivity contribution >= 4 is 28.9 Å². The molecule has 1 heterocycles. The van der Waals surface area contributed by atoms with Crippen LogP contribution in [0.3, 0.4) is 0 Å². The van der Waals surface area contributed by atoms with Crippen LogP contribution in [0.25, 0.3) is 0 Å². The molecule has 100 valence electrons. The lowest BCUT2D eigenvalue weighted by Crippen LogP contribution is -2.09. The van der Waals surface area contributed by atoms with Crippen molar-refractivity contribution in [3.63, 3.8) is 0 Å². The minimum atomic E-state index is -0.154. The van der Waals surface area contributed by atoms with Crippen molar-refractivity contribution in [2.45, 2.75) is 20.4 Å². The normalized spacial score (nSPS) is 10.3. The van der Waals surface area contributed by atoms with Crippen LogP contribution in [-0.4, -0.2) is 16.0 Å². The maximum atomic E-state index is 11.1. The highest BCUT2D eigenvalue weighted by Crippen LogP contribution is 2.26. The molecule has 0 aliphatic heterocycles. The van der Waals surface area contributed by atoms with Crippen LogP contribution in [0.2, 0.25) is 5.02 Å². The van der Waals surface area contributed by atoms with Gasteiger partial charge in [-0.05, 0) is 25.1 Å². The minimum Gasteiger partial charge on any atom is -0.374 e. The fourth-order valence-electron chi connectivity index (χ4n) is 1.54. The van der Waals surface area contributed by atoms with Gasteiger partial charge in [0.25, 0.3) is 0 Å². The second-order valence-electron chi connectivity index (χ2n) is 3.96. The summed E-state index contributed by atoms with van der Waals surface area (Å²) in [6.45, 7) is 3.54. The van der Waals surface area contributed by atoms with Crippen LogP contribution in [-0.2, 0) is 11.3 Å². The van der Waals surface area contributed by atoms with Gasteiger partial charge in [-0.25, -0.2) is 0 Å². The summed E-state index contributed by atoms with van der Waals surface area (Å²) in [5.41, 5.74) is 1.34. The van der Waals surface area contributed by atoms with E-state index in [0.29, 0.717) is 34.7 Å². The van der Waals surface area contributed by atoms with E-state index in [4.69, 9.17) is 16.1 Å². The van der Waals surface area contributed by atoms with Gasteiger partial charge in [-0.1, -0.05) is 16.8 Å². The first kappa shape index (κ1) is 13.4. The van der Waals surface area contributed by atoms with Gasteiger partial charge in [0, 0.05) is 11.9 Å². The summed E-state index contributed by atoms with van der Waals surface area (Å²) >= 11 is 5.94. The molecule has 0 aliphatic rings. The number of aromatic nitrogens is 2. The molecule has 19 heavy (non-hydrogen) atoms. The number of rotatable bonds is 4. The third-order valence-electron chi connectivity index (χ3n) is 2.29. The molecule has 0 unspecified atom stereocenters. The molecule has 2 N–H and O–H groups in total. The Bertz CT molecular complexity index is 597. The van der Waals surface area contributed by atoms with Gasteiger partial charge in [0.05, 0.1) is 17.9 Å². The van der Waals surface area contributed by atoms with E-state index in [1.54, 1.807) is 25.1 Å². The molecule has 0 saturated heterocycles. The Morgan fingerprint density at radius 1 is 1.42 bits per heavy atom. The zero-order valence-electron chi connectivity index (χ0n) is 10.5. The second kappa shape index (κ2) is 5.71. The molecular weight excluding hydrogens is 268 g/mol. The summed E-state index contributed by atoms with van der Waals surface area (Å²) in [6, 6.07) is 5.15. The SMILES string of the molecule is CC(=O)Nc1ccc(Cl)cc1NCc1nc(C)no1. The van der Waals surface area contributed by atoms with E-state index in [1.165, 1.54) is 6.92 Å². The molecule has 0 fully saturated rings. The third kappa shape index (κ3) is 3.69. The lowest BCUT2D eigenvalue weighted by atomic mass is 10.2. The highest BCUT2D eigenvalue weighted by atomic mass is 35.5. The highest BCUT2D eigenvalue weighted by molar-refractivity contribution is 6.31. The van der Waals surface area contributed by atoms with Gasteiger partial charge in [0.15, 0.2) is 5.82 Å². The summed E-state index contributed by atoms with van der Waals surface area (Å²) in [7, 11) is 0. The van der Waals surface area contributed by atoms with Gasteiger partial charge in [0.1, 0.15) is 0 Å². The predicted molar refractivity (Wildman–Crippen MR) is 72.1 cm³/mol. The molecule has 7 heteroatoms. The standard InChI is InChI=1S/C12H13ClN4O2/c1-7-15-12(19-17-7)6-14-11-5-9(13)3-4-10(11)16-8(2)18/h3-5,14H,6H2,1-2H3,(H,16,18). The van der Waals surface area contributed by atoms with Crippen molar-refractivity contribution in [3.05, 3.63) is 34.9 Å². The second-order valence-corrected chi connectivity index (χ2v) is 4.40. The number of hydrogen-bond acceptors (Lipinski definition) is 5. The van der Waals surface area contributed by atoms with Crippen LogP contribution >= 0.6 is 11.6 Å². The van der Waals surface area contributed by atoms with Crippen molar-refractivity contribution in [3.8, 4) is 0 Å². The van der Waals surface area contributed by atoms with Crippen molar-refractivity contribution < 1.29 is 9.32 Å². The first-order valence-corrected chi connectivity index (χ1v) is 6.02. The van der Waals surface area contributed by atoms with Crippen LogP contribution in [0.1, 0.15) is 18.6 Å². The number of carbonyl (C=O) groups excluding carboxylic acids is 1. The number of benzene rings is 1. The molecule has 2 rings (SSSR count). The zero-order chi connectivity index (χ0) is 13.8. The Morgan fingerprint density at radius 3 is 2.84 bits per heavy atom. The number of carbonyl (C=O) groups is 1. The fraction of sp³-hybridized carbons (Fsp3) is 0.250. The van der Waals surface area contributed by atoms with E-state index in [-0.39, 0.29) is 5.91 Å². The van der Waals surface area contributed by atoms with Gasteiger partial charge in [0.2, 0.25) is 11.8 Å². The summed E-state index contributed by atoms with van der Waals surface area (Å²) in [4.78, 5) is 15.2. The average Bonchev–Trinajstić information content (AvgIpc) is 2.75. The smallest absolute Gasteiger partial charge is 0.245 e. The van der Waals surface area contributed by atoms with Gasteiger partial charge in [-0.3, -0.25) is 4.79 Å². The Morgan fingerprint density at radius 2 is 2.21 bits per heavy atom. The predicted octanol–water partition coefficient (Wildman–Crippen LogP) is 2.60. The van der Waals surface area contributed by atoms with Crippen molar-refractivity contribution in [2.24, 2.45) is 0 Å². The Kier molecular flexibility index (Phi) is 4.01. The van der Waals surface area contributed by atoms with Crippen LogP contribution in [0.4, 0.5) is 11.4 Å². The van der Waals surface area contributed by atoms with E-state index in [1.807, 2.05) is 0 Å². The van der Waals surface area contributed by atoms with Crippen LogP contribution < -0.4 is 10.6 Å². The topological polar surface area (TPSA) is 80.0 Å². The van der Waals surface area contributed by atoms with Crippen molar-refractivity contribution in [2.75, 3.05) is 10.6 Å². The number of nitrogens with one attached hydrogen (secondary N) is 2. The van der Waals surface area contributed by atoms with E-state index in [0.717, 1.165) is 0 Å². The maximum absolute atomic E-state index is 11.1. The Hall–Kier alpha value is -2.08. The van der Waals surface area contributed by atoms with Gasteiger partial charge < -0.3 is 15.2 Å². The number of aryl methyl sites for hydroxylation is 1. The molecule has 1 aromatic heterocycles. The van der Waals surface area contributed by atoms with Crippen molar-refractivity contribution in [1.29, 1.82) is 0 Å². The van der Waals surface area contributed by atoms with E-state index < -0.39 is 0 Å². The molecule has 0 saturated carbocycles. The molecule has 0 atom stereocenters. The van der Waals surface area contributed by atoms with E-state index in [9.17, 15) is 4.79 Å². The molecule has 1 aromatic carbocycles. The van der Waals surface area contributed by atoms with Gasteiger partial charge in [-0.15, -0.1) is 0 Å². The minimum absolute atomic E-state index is 0.154. The Labute approximate surface area is 115 Å². The first-order valence-electron chi connectivity index (χ1n) is 5.65. The van der Waals surface area contributed by atoms with Crippen LogP contribution in [0.5, 0.6) is 0 Å². The largest absolute Gasteiger partial charge is 0.374 e. The Balaban J connectivity index is 2.13. The summed E-state index contributed by atoms with van der Waals surface area (Å²) in [5, 5.41) is 10.1. The van der Waals surface area contributed by atoms with Crippen molar-refractivity contribution in [1.82, 2.24) is 10.1 Å². The highest BCUT2D eigenvalue weighted by Gasteiger charge is 2.07. The summed E-state index contributed by atoms with van der Waals surface area (Å²) in [6.07, 6.45) is 0. The number of halogens is 1. The maximum Gasteiger partial charge on any atom is 0.245 e. The molecule has 6 nitrogen and oxygen atoms in total. The number of hydrogen-bond donors (Lipinski definition) is 2. The number of nitrogens with zero attached hydrogens (tertiary/aromatic N) is 2. The monoisotopic (exact) mass is 280 g/mol. The molecular formula is C12H13ClN4O2. The molecule has 0 radical (unpaired) electrons. The molecule has 0 bridgehead atoms. The van der Waals surface area contributed by atoms with Gasteiger partial charge >= 0.3 is 0 Å². The lowest BCUT2D eigenvalue weighted by Gasteiger charge is -2.11. The average molecular weight is 281 g/mol. The molecule has 2 aromatic rings. The van der Waals surface area contributed by atoms with Crippen LogP contribution in [0, 0.1) is 6.92 Å². The van der Waals surface area contributed by atoms with Crippen LogP contribution in [0.15, 0.2) is 22.7 Å². The van der Waals surface area contributed by atoms with Gasteiger partial charge in [-0.2, -0.15) is 4.98 Å². The van der Waals surface area contributed by atoms with E-state index >= 15 is 0 Å². The summed E-state index contributed by atoms with van der Waals surface area (Å²) in [5.74, 6) is 0.884. The van der Waals surface area contributed by atoms with E-state index in [2.05, 4.69) is 20.8 Å². The summed E-state index contributed by atoms with van der Waals surface area (Å²) < 4.78 is 4.99. The molecule has 0 aliphatic carbocycles. The fourth-order valence-corrected chi connectivity index (χ4v) is 1.72. The third-order valence-corrected chi connectivity index (χ3v) is 2.53. The molecule has 0 spiro atoms. The quantitative estimate of drug-likeness (QED) is 0.900. The zero-order valence-corrected chi connectivity index (χ0v) is 11.3. The number of anilines is 2. The first-order chi connectivity index (χ1) is 9.04.